The minimum Gasteiger partial charge on any atom is -0.495 e. The van der Waals surface area contributed by atoms with Crippen molar-refractivity contribution in [2.45, 2.75) is 6.18 Å². The fourth-order valence-electron chi connectivity index (χ4n) is 2.32. The minimum atomic E-state index is -4.42. The van der Waals surface area contributed by atoms with Gasteiger partial charge in [0.2, 0.25) is 0 Å². The normalized spacial score (nSPS) is 11.7. The van der Waals surface area contributed by atoms with Crippen LogP contribution in [0.2, 0.25) is 0 Å². The number of benzene rings is 2. The third-order valence-electron chi connectivity index (χ3n) is 3.53. The second-order valence-electron chi connectivity index (χ2n) is 5.05. The number of methoxy groups -OCH3 is 1. The van der Waals surface area contributed by atoms with Gasteiger partial charge in [-0.25, -0.2) is 4.79 Å². The Labute approximate surface area is 142 Å². The van der Waals surface area contributed by atoms with E-state index >= 15 is 0 Å². The van der Waals surface area contributed by atoms with Gasteiger partial charge in [-0.05, 0) is 45.8 Å². The third kappa shape index (κ3) is 3.03. The molecule has 0 radical (unpaired) electrons. The molecule has 2 aromatic carbocycles. The molecule has 0 aliphatic heterocycles. The first-order valence-electron chi connectivity index (χ1n) is 6.78. The van der Waals surface area contributed by atoms with Crippen molar-refractivity contribution in [1.29, 1.82) is 0 Å². The fourth-order valence-corrected chi connectivity index (χ4v) is 2.84. The van der Waals surface area contributed by atoms with Crippen LogP contribution in [0.15, 0.2) is 56.1 Å². The van der Waals surface area contributed by atoms with E-state index in [-0.39, 0.29) is 5.56 Å². The molecular weight excluding hydrogens is 389 g/mol. The highest BCUT2D eigenvalue weighted by atomic mass is 79.9. The molecule has 0 N–H and O–H groups in total. The summed E-state index contributed by atoms with van der Waals surface area (Å²) in [5.41, 5.74) is -0.537. The Morgan fingerprint density at radius 2 is 1.75 bits per heavy atom. The topological polar surface area (TPSA) is 39.4 Å². The predicted molar refractivity (Wildman–Crippen MR) is 87.2 cm³/mol. The molecule has 1 heterocycles. The van der Waals surface area contributed by atoms with E-state index in [0.717, 1.165) is 12.1 Å². The first kappa shape index (κ1) is 16.6. The molecule has 3 aromatic rings. The van der Waals surface area contributed by atoms with Crippen molar-refractivity contribution in [3.8, 4) is 16.9 Å². The first-order chi connectivity index (χ1) is 11.3. The zero-order valence-corrected chi connectivity index (χ0v) is 13.9. The molecule has 0 aliphatic carbocycles. The maximum absolute atomic E-state index is 12.6. The quantitative estimate of drug-likeness (QED) is 0.553. The molecule has 24 heavy (non-hydrogen) atoms. The van der Waals surface area contributed by atoms with E-state index in [4.69, 9.17) is 9.15 Å². The summed E-state index contributed by atoms with van der Waals surface area (Å²) in [5, 5.41) is 0.622. The molecule has 0 saturated heterocycles. The van der Waals surface area contributed by atoms with Crippen LogP contribution in [0.4, 0.5) is 13.2 Å². The van der Waals surface area contributed by atoms with Crippen LogP contribution < -0.4 is 10.4 Å². The van der Waals surface area contributed by atoms with Crippen molar-refractivity contribution in [3.63, 3.8) is 0 Å². The maximum atomic E-state index is 12.6. The Morgan fingerprint density at radius 1 is 1.08 bits per heavy atom. The van der Waals surface area contributed by atoms with Gasteiger partial charge in [-0.1, -0.05) is 12.1 Å². The second kappa shape index (κ2) is 5.98. The van der Waals surface area contributed by atoms with E-state index in [0.29, 0.717) is 26.8 Å². The molecule has 3 nitrogen and oxygen atoms in total. The van der Waals surface area contributed by atoms with Crippen LogP contribution >= 0.6 is 15.9 Å². The highest BCUT2D eigenvalue weighted by Crippen LogP contribution is 2.33. The average molecular weight is 399 g/mol. The minimum absolute atomic E-state index is 0.188. The highest BCUT2D eigenvalue weighted by molar-refractivity contribution is 9.10. The summed E-state index contributed by atoms with van der Waals surface area (Å²) in [6, 6.07) is 9.22. The second-order valence-corrected chi connectivity index (χ2v) is 5.90. The number of alkyl halides is 3. The molecular formula is C17H10BrF3O3. The molecule has 0 amide bonds. The van der Waals surface area contributed by atoms with Crippen molar-refractivity contribution in [1.82, 2.24) is 0 Å². The van der Waals surface area contributed by atoms with E-state index in [1.54, 1.807) is 18.2 Å². The van der Waals surface area contributed by atoms with E-state index in [1.165, 1.54) is 19.2 Å². The van der Waals surface area contributed by atoms with Gasteiger partial charge in [0, 0.05) is 11.5 Å². The largest absolute Gasteiger partial charge is 0.495 e. The van der Waals surface area contributed by atoms with Crippen molar-refractivity contribution >= 4 is 26.9 Å². The third-order valence-corrected chi connectivity index (χ3v) is 4.15. The zero-order valence-electron chi connectivity index (χ0n) is 12.3. The maximum Gasteiger partial charge on any atom is 0.416 e. The Hall–Kier alpha value is -2.28. The average Bonchev–Trinajstić information content (AvgIpc) is 2.53. The number of hydrogen-bond donors (Lipinski definition) is 0. The van der Waals surface area contributed by atoms with Crippen LogP contribution in [0.3, 0.4) is 0 Å². The van der Waals surface area contributed by atoms with Crippen LogP contribution in [-0.4, -0.2) is 7.11 Å². The summed E-state index contributed by atoms with van der Waals surface area (Å²) < 4.78 is 49.0. The Kier molecular flexibility index (Phi) is 4.13. The predicted octanol–water partition coefficient (Wildman–Crippen LogP) is 5.25. The van der Waals surface area contributed by atoms with Gasteiger partial charge in [-0.15, -0.1) is 0 Å². The zero-order chi connectivity index (χ0) is 17.5. The van der Waals surface area contributed by atoms with Gasteiger partial charge in [0.1, 0.15) is 11.3 Å². The summed E-state index contributed by atoms with van der Waals surface area (Å²) in [7, 11) is 1.49. The molecule has 1 aromatic heterocycles. The van der Waals surface area contributed by atoms with Gasteiger partial charge < -0.3 is 9.15 Å². The van der Waals surface area contributed by atoms with E-state index in [9.17, 15) is 18.0 Å². The number of fused-ring (bicyclic) bond motifs is 1. The van der Waals surface area contributed by atoms with Crippen LogP contribution in [-0.2, 0) is 6.18 Å². The number of rotatable bonds is 2. The molecule has 0 spiro atoms. The number of halogens is 4. The molecule has 7 heteroatoms. The van der Waals surface area contributed by atoms with Gasteiger partial charge in [-0.2, -0.15) is 13.2 Å². The number of ether oxygens (including phenoxy) is 1. The Bertz CT molecular complexity index is 960. The van der Waals surface area contributed by atoms with Crippen LogP contribution in [0, 0.1) is 0 Å². The van der Waals surface area contributed by atoms with Gasteiger partial charge in [0.25, 0.3) is 0 Å². The fraction of sp³-hybridized carbons (Fsp3) is 0.118. The summed E-state index contributed by atoms with van der Waals surface area (Å²) in [6.45, 7) is 0. The molecule has 3 rings (SSSR count). The van der Waals surface area contributed by atoms with Crippen LogP contribution in [0.25, 0.3) is 22.1 Å². The monoisotopic (exact) mass is 398 g/mol. The van der Waals surface area contributed by atoms with Gasteiger partial charge in [0.05, 0.1) is 22.7 Å². The van der Waals surface area contributed by atoms with E-state index in [1.807, 2.05) is 0 Å². The van der Waals surface area contributed by atoms with Crippen LogP contribution in [0.1, 0.15) is 5.56 Å². The molecule has 0 saturated carbocycles. The smallest absolute Gasteiger partial charge is 0.416 e. The SMILES string of the molecule is COc1cc2oc(=O)c(-c3ccc(C(F)(F)F)cc3)cc2cc1Br. The lowest BCUT2D eigenvalue weighted by molar-refractivity contribution is -0.137. The lowest BCUT2D eigenvalue weighted by Crippen LogP contribution is -2.06. The van der Waals surface area contributed by atoms with Crippen LogP contribution in [0.5, 0.6) is 5.75 Å². The number of hydrogen-bond acceptors (Lipinski definition) is 3. The molecule has 0 unspecified atom stereocenters. The summed E-state index contributed by atoms with van der Waals surface area (Å²) >= 11 is 3.34. The summed E-state index contributed by atoms with van der Waals surface area (Å²) in [4.78, 5) is 12.2. The Morgan fingerprint density at radius 3 is 2.33 bits per heavy atom. The van der Waals surface area contributed by atoms with Gasteiger partial charge >= 0.3 is 11.8 Å². The first-order valence-corrected chi connectivity index (χ1v) is 7.58. The van der Waals surface area contributed by atoms with Crippen molar-refractivity contribution in [2.24, 2.45) is 0 Å². The summed E-state index contributed by atoms with van der Waals surface area (Å²) in [5.74, 6) is 0.507. The lowest BCUT2D eigenvalue weighted by Gasteiger charge is -2.08. The molecule has 0 fully saturated rings. The van der Waals surface area contributed by atoms with Crippen molar-refractivity contribution in [2.75, 3.05) is 7.11 Å². The Balaban J connectivity index is 2.13. The van der Waals surface area contributed by atoms with E-state index < -0.39 is 17.4 Å². The molecule has 124 valence electrons. The van der Waals surface area contributed by atoms with E-state index in [2.05, 4.69) is 15.9 Å². The molecule has 0 bridgehead atoms. The van der Waals surface area contributed by atoms with Crippen molar-refractivity contribution in [3.05, 3.63) is 62.9 Å². The lowest BCUT2D eigenvalue weighted by atomic mass is 10.0. The van der Waals surface area contributed by atoms with Crippen molar-refractivity contribution < 1.29 is 22.3 Å². The summed E-state index contributed by atoms with van der Waals surface area (Å²) in [6.07, 6.45) is -4.42. The highest BCUT2D eigenvalue weighted by Gasteiger charge is 2.30. The van der Waals surface area contributed by atoms with Gasteiger partial charge in [-0.3, -0.25) is 0 Å². The van der Waals surface area contributed by atoms with Gasteiger partial charge in [0.15, 0.2) is 0 Å². The standard InChI is InChI=1S/C17H10BrF3O3/c1-23-15-8-14-10(7-13(15)18)6-12(16(22)24-14)9-2-4-11(5-3-9)17(19,20)21/h2-8H,1H3. The molecule has 0 aliphatic rings. The molecule has 0 atom stereocenters.